The zero-order chi connectivity index (χ0) is 18.5. The van der Waals surface area contributed by atoms with E-state index < -0.39 is 6.29 Å². The van der Waals surface area contributed by atoms with Crippen molar-refractivity contribution in [3.05, 3.63) is 59.9 Å². The lowest BCUT2D eigenvalue weighted by atomic mass is 10.0. The largest absolute Gasteiger partial charge is 0.386 e. The molecule has 1 unspecified atom stereocenters. The second kappa shape index (κ2) is 12.7. The highest BCUT2D eigenvalue weighted by molar-refractivity contribution is 5.42. The van der Waals surface area contributed by atoms with Gasteiger partial charge >= 0.3 is 0 Å². The molecule has 140 valence electrons. The van der Waals surface area contributed by atoms with Crippen LogP contribution in [0, 0.1) is 0 Å². The van der Waals surface area contributed by atoms with Crippen molar-refractivity contribution in [2.24, 2.45) is 0 Å². The fourth-order valence-corrected chi connectivity index (χ4v) is 2.57. The quantitative estimate of drug-likeness (QED) is 0.438. The third-order valence-electron chi connectivity index (χ3n) is 4.03. The minimum atomic E-state index is -0.680. The molecule has 0 aromatic carbocycles. The molecule has 25 heavy (non-hydrogen) atoms. The Morgan fingerprint density at radius 2 is 2.28 bits per heavy atom. The second-order valence-corrected chi connectivity index (χ2v) is 6.22. The molecule has 0 aliphatic carbocycles. The normalized spacial score (nSPS) is 18.3. The summed E-state index contributed by atoms with van der Waals surface area (Å²) in [5, 5.41) is 13.2. The number of rotatable bonds is 11. The smallest absolute Gasteiger partial charge is 0.155 e. The van der Waals surface area contributed by atoms with Crippen molar-refractivity contribution in [1.82, 2.24) is 5.32 Å². The van der Waals surface area contributed by atoms with E-state index in [1.807, 2.05) is 6.08 Å². The Morgan fingerprint density at radius 3 is 2.96 bits per heavy atom. The van der Waals surface area contributed by atoms with Gasteiger partial charge in [0.1, 0.15) is 0 Å². The monoisotopic (exact) mass is 347 g/mol. The molecule has 0 amide bonds. The van der Waals surface area contributed by atoms with E-state index in [2.05, 4.69) is 37.6 Å². The van der Waals surface area contributed by atoms with Crippen molar-refractivity contribution < 1.29 is 14.6 Å². The average Bonchev–Trinajstić information content (AvgIpc) is 2.83. The number of allylic oxidation sites excluding steroid dienone is 4. The van der Waals surface area contributed by atoms with Gasteiger partial charge in [-0.1, -0.05) is 56.4 Å². The van der Waals surface area contributed by atoms with Gasteiger partial charge in [-0.3, -0.25) is 0 Å². The molecule has 1 heterocycles. The minimum absolute atomic E-state index is 0.421. The Morgan fingerprint density at radius 1 is 1.48 bits per heavy atom. The molecular formula is C21H33NO3. The molecule has 0 aromatic heterocycles. The van der Waals surface area contributed by atoms with Crippen LogP contribution in [0.25, 0.3) is 0 Å². The lowest BCUT2D eigenvalue weighted by Gasteiger charge is -2.14. The Labute approximate surface area is 152 Å². The molecule has 1 rings (SSSR count). The number of unbranched alkanes of at least 4 members (excludes halogenated alkanes) is 1. The van der Waals surface area contributed by atoms with Crippen LogP contribution in [0.1, 0.15) is 39.0 Å². The molecule has 0 saturated heterocycles. The SMILES string of the molecule is C=C/C=C(\C=C1\CC=C(COC(O)CCCC)NCC1)C(=C)COC. The van der Waals surface area contributed by atoms with Gasteiger partial charge in [-0.15, -0.1) is 0 Å². The lowest BCUT2D eigenvalue weighted by Crippen LogP contribution is -2.21. The van der Waals surface area contributed by atoms with E-state index >= 15 is 0 Å². The summed E-state index contributed by atoms with van der Waals surface area (Å²) in [5.41, 5.74) is 4.34. The number of ether oxygens (including phenoxy) is 2. The summed E-state index contributed by atoms with van der Waals surface area (Å²) in [7, 11) is 1.67. The molecule has 4 nitrogen and oxygen atoms in total. The van der Waals surface area contributed by atoms with E-state index in [-0.39, 0.29) is 0 Å². The molecule has 0 aromatic rings. The average molecular weight is 347 g/mol. The van der Waals surface area contributed by atoms with E-state index in [9.17, 15) is 5.11 Å². The van der Waals surface area contributed by atoms with E-state index in [0.29, 0.717) is 19.6 Å². The van der Waals surface area contributed by atoms with Crippen molar-refractivity contribution in [2.45, 2.75) is 45.3 Å². The maximum absolute atomic E-state index is 9.80. The molecule has 0 bridgehead atoms. The van der Waals surface area contributed by atoms with Crippen LogP contribution < -0.4 is 5.32 Å². The van der Waals surface area contributed by atoms with Gasteiger partial charge in [0.05, 0.1) is 13.2 Å². The molecular weight excluding hydrogens is 314 g/mol. The van der Waals surface area contributed by atoms with Crippen LogP contribution in [0.3, 0.4) is 0 Å². The van der Waals surface area contributed by atoms with Gasteiger partial charge in [-0.05, 0) is 36.8 Å². The first-order valence-corrected chi connectivity index (χ1v) is 9.02. The molecule has 2 N–H and O–H groups in total. The maximum atomic E-state index is 9.80. The highest BCUT2D eigenvalue weighted by Gasteiger charge is 2.10. The summed E-state index contributed by atoms with van der Waals surface area (Å²) in [5.74, 6) is 0. The fourth-order valence-electron chi connectivity index (χ4n) is 2.57. The molecule has 1 aliphatic heterocycles. The summed E-state index contributed by atoms with van der Waals surface area (Å²) in [6.45, 7) is 11.7. The number of hydrogen-bond donors (Lipinski definition) is 2. The zero-order valence-electron chi connectivity index (χ0n) is 15.7. The number of aliphatic hydroxyl groups excluding tert-OH is 1. The van der Waals surface area contributed by atoms with Crippen molar-refractivity contribution in [2.75, 3.05) is 26.9 Å². The fraction of sp³-hybridized carbons (Fsp3) is 0.524. The highest BCUT2D eigenvalue weighted by Crippen LogP contribution is 2.19. The van der Waals surface area contributed by atoms with Crippen LogP contribution in [-0.2, 0) is 9.47 Å². The molecule has 1 atom stereocenters. The maximum Gasteiger partial charge on any atom is 0.155 e. The Balaban J connectivity index is 2.64. The van der Waals surface area contributed by atoms with Crippen LogP contribution in [-0.4, -0.2) is 38.3 Å². The second-order valence-electron chi connectivity index (χ2n) is 6.22. The van der Waals surface area contributed by atoms with Crippen LogP contribution in [0.4, 0.5) is 0 Å². The minimum Gasteiger partial charge on any atom is -0.386 e. The molecule has 4 heteroatoms. The summed E-state index contributed by atoms with van der Waals surface area (Å²) in [6.07, 6.45) is 11.9. The van der Waals surface area contributed by atoms with Crippen LogP contribution in [0.15, 0.2) is 59.9 Å². The number of aliphatic hydroxyl groups is 1. The van der Waals surface area contributed by atoms with Gasteiger partial charge in [-0.25, -0.2) is 0 Å². The van der Waals surface area contributed by atoms with Gasteiger partial charge in [0.2, 0.25) is 0 Å². The molecule has 0 radical (unpaired) electrons. The van der Waals surface area contributed by atoms with E-state index in [1.54, 1.807) is 13.2 Å². The van der Waals surface area contributed by atoms with E-state index in [4.69, 9.17) is 9.47 Å². The number of methoxy groups -OCH3 is 1. The van der Waals surface area contributed by atoms with Gasteiger partial charge in [-0.2, -0.15) is 0 Å². The summed E-state index contributed by atoms with van der Waals surface area (Å²) < 4.78 is 10.7. The van der Waals surface area contributed by atoms with Crippen molar-refractivity contribution in [3.63, 3.8) is 0 Å². The van der Waals surface area contributed by atoms with Gasteiger partial charge in [0.25, 0.3) is 0 Å². The Bertz CT molecular complexity index is 517. The Kier molecular flexibility index (Phi) is 10.9. The zero-order valence-corrected chi connectivity index (χ0v) is 15.7. The first-order chi connectivity index (χ1) is 12.1. The predicted octanol–water partition coefficient (Wildman–Crippen LogP) is 4.02. The molecule has 0 fully saturated rings. The predicted molar refractivity (Wildman–Crippen MR) is 104 cm³/mol. The van der Waals surface area contributed by atoms with E-state index in [1.165, 1.54) is 5.57 Å². The summed E-state index contributed by atoms with van der Waals surface area (Å²) in [6, 6.07) is 0. The van der Waals surface area contributed by atoms with Crippen LogP contribution in [0.5, 0.6) is 0 Å². The van der Waals surface area contributed by atoms with Gasteiger partial charge < -0.3 is 19.9 Å². The molecule has 0 saturated carbocycles. The van der Waals surface area contributed by atoms with Crippen LogP contribution in [0.2, 0.25) is 0 Å². The van der Waals surface area contributed by atoms with Gasteiger partial charge in [0.15, 0.2) is 6.29 Å². The third-order valence-corrected chi connectivity index (χ3v) is 4.03. The third kappa shape index (κ3) is 8.87. The van der Waals surface area contributed by atoms with Gasteiger partial charge in [0, 0.05) is 19.4 Å². The van der Waals surface area contributed by atoms with Crippen molar-refractivity contribution in [3.8, 4) is 0 Å². The topological polar surface area (TPSA) is 50.7 Å². The molecule has 0 spiro atoms. The number of nitrogens with one attached hydrogen (secondary N) is 1. The highest BCUT2D eigenvalue weighted by atomic mass is 16.6. The lowest BCUT2D eigenvalue weighted by molar-refractivity contribution is -0.0967. The number of hydrogen-bond acceptors (Lipinski definition) is 4. The summed E-state index contributed by atoms with van der Waals surface area (Å²) >= 11 is 0. The standard InChI is InChI=1S/C21H33NO3/c1-5-7-9-21(23)25-16-20-11-10-18(12-13-22-20)14-19(8-6-2)17(3)15-24-4/h6,8,11,14,21-23H,2-3,5,7,9-10,12-13,15-16H2,1,4H3/b18-14-,19-8+. The first kappa shape index (κ1) is 21.4. The molecule has 1 aliphatic rings. The first-order valence-electron chi connectivity index (χ1n) is 9.02. The Hall–Kier alpha value is -1.62. The van der Waals surface area contributed by atoms with Crippen molar-refractivity contribution in [1.29, 1.82) is 0 Å². The van der Waals surface area contributed by atoms with E-state index in [0.717, 1.165) is 49.1 Å². The summed E-state index contributed by atoms with van der Waals surface area (Å²) in [4.78, 5) is 0. The van der Waals surface area contributed by atoms with Crippen molar-refractivity contribution >= 4 is 0 Å². The van der Waals surface area contributed by atoms with Crippen LogP contribution >= 0.6 is 0 Å².